The van der Waals surface area contributed by atoms with Gasteiger partial charge in [0, 0.05) is 23.0 Å². The van der Waals surface area contributed by atoms with Crippen molar-refractivity contribution >= 4 is 35.0 Å². The van der Waals surface area contributed by atoms with Gasteiger partial charge in [0.1, 0.15) is 0 Å². The molecule has 7 heteroatoms. The number of carbonyl (C=O) groups is 1. The summed E-state index contributed by atoms with van der Waals surface area (Å²) >= 11 is 7.36. The maximum atomic E-state index is 12.0. The molecule has 1 aromatic carbocycles. The number of nitrogens with zero attached hydrogens (tertiary/aromatic N) is 2. The lowest BCUT2D eigenvalue weighted by Crippen LogP contribution is -2.07. The van der Waals surface area contributed by atoms with Crippen LogP contribution in [0.15, 0.2) is 40.6 Å². The molecule has 0 aliphatic heterocycles. The van der Waals surface area contributed by atoms with Gasteiger partial charge in [0.2, 0.25) is 0 Å². The highest BCUT2D eigenvalue weighted by atomic mass is 35.5. The van der Waals surface area contributed by atoms with Crippen LogP contribution in [0.4, 0.5) is 5.69 Å². The van der Waals surface area contributed by atoms with Crippen LogP contribution in [0.1, 0.15) is 17.3 Å². The third kappa shape index (κ3) is 3.40. The SMILES string of the molecule is CCOC(=O)c1cc(N)cc(Cl)c1Sc1ncccn1. The van der Waals surface area contributed by atoms with Crippen LogP contribution in [0.25, 0.3) is 0 Å². The Bertz CT molecular complexity index is 623. The molecule has 1 aromatic heterocycles. The Labute approximate surface area is 125 Å². The summed E-state index contributed by atoms with van der Waals surface area (Å²) in [5, 5.41) is 0.857. The molecule has 20 heavy (non-hydrogen) atoms. The van der Waals surface area contributed by atoms with Gasteiger partial charge in [-0.25, -0.2) is 14.8 Å². The maximum absolute atomic E-state index is 12.0. The predicted octanol–water partition coefficient (Wildman–Crippen LogP) is 3.04. The van der Waals surface area contributed by atoms with Crippen LogP contribution in [0.3, 0.4) is 0 Å². The first-order valence-corrected chi connectivity index (χ1v) is 7.02. The summed E-state index contributed by atoms with van der Waals surface area (Å²) in [5.41, 5.74) is 6.44. The second-order valence-electron chi connectivity index (χ2n) is 3.73. The fourth-order valence-corrected chi connectivity index (χ4v) is 2.67. The summed E-state index contributed by atoms with van der Waals surface area (Å²) in [5.74, 6) is -0.472. The number of aromatic nitrogens is 2. The Morgan fingerprint density at radius 2 is 2.10 bits per heavy atom. The number of ether oxygens (including phenoxy) is 1. The van der Waals surface area contributed by atoms with Crippen molar-refractivity contribution in [1.82, 2.24) is 9.97 Å². The van der Waals surface area contributed by atoms with E-state index in [9.17, 15) is 4.79 Å². The molecule has 0 aliphatic rings. The Kier molecular flexibility index (Phi) is 4.81. The van der Waals surface area contributed by atoms with Gasteiger partial charge in [-0.3, -0.25) is 0 Å². The number of nitrogen functional groups attached to an aromatic ring is 1. The van der Waals surface area contributed by atoms with Crippen molar-refractivity contribution in [1.29, 1.82) is 0 Å². The molecular formula is C13H12ClN3O2S. The maximum Gasteiger partial charge on any atom is 0.339 e. The molecule has 104 valence electrons. The van der Waals surface area contributed by atoms with E-state index in [1.165, 1.54) is 17.8 Å². The van der Waals surface area contributed by atoms with Crippen LogP contribution in [0, 0.1) is 0 Å². The number of anilines is 1. The van der Waals surface area contributed by atoms with Crippen molar-refractivity contribution in [3.8, 4) is 0 Å². The molecule has 0 spiro atoms. The summed E-state index contributed by atoms with van der Waals surface area (Å²) < 4.78 is 5.01. The zero-order chi connectivity index (χ0) is 14.5. The molecular weight excluding hydrogens is 298 g/mol. The van der Waals surface area contributed by atoms with Crippen molar-refractivity contribution in [2.45, 2.75) is 17.0 Å². The Hall–Kier alpha value is -1.79. The third-order valence-corrected chi connectivity index (χ3v) is 3.74. The first-order valence-electron chi connectivity index (χ1n) is 5.82. The van der Waals surface area contributed by atoms with Crippen molar-refractivity contribution in [2.75, 3.05) is 12.3 Å². The molecule has 0 bridgehead atoms. The highest BCUT2D eigenvalue weighted by Crippen LogP contribution is 2.36. The minimum Gasteiger partial charge on any atom is -0.462 e. The van der Waals surface area contributed by atoms with E-state index < -0.39 is 5.97 Å². The zero-order valence-corrected chi connectivity index (χ0v) is 12.2. The normalized spacial score (nSPS) is 10.3. The summed E-state index contributed by atoms with van der Waals surface area (Å²) in [6.45, 7) is 2.01. The molecule has 5 nitrogen and oxygen atoms in total. The minimum absolute atomic E-state index is 0.275. The lowest BCUT2D eigenvalue weighted by molar-refractivity contribution is 0.0522. The second kappa shape index (κ2) is 6.58. The van der Waals surface area contributed by atoms with Gasteiger partial charge in [0.05, 0.1) is 17.2 Å². The van der Waals surface area contributed by atoms with Crippen LogP contribution < -0.4 is 5.73 Å². The molecule has 2 N–H and O–H groups in total. The van der Waals surface area contributed by atoms with Gasteiger partial charge in [-0.05, 0) is 36.9 Å². The average molecular weight is 310 g/mol. The Balaban J connectivity index is 2.42. The standard InChI is InChI=1S/C13H12ClN3O2S/c1-2-19-12(18)9-6-8(15)7-10(14)11(9)20-13-16-4-3-5-17-13/h3-7H,2,15H2,1H3. The van der Waals surface area contributed by atoms with Gasteiger partial charge < -0.3 is 10.5 Å². The number of nitrogens with two attached hydrogens (primary N) is 1. The van der Waals surface area contributed by atoms with E-state index in [1.54, 1.807) is 31.5 Å². The lowest BCUT2D eigenvalue weighted by atomic mass is 10.2. The first-order chi connectivity index (χ1) is 9.61. The number of rotatable bonds is 4. The molecule has 1 heterocycles. The van der Waals surface area contributed by atoms with Crippen molar-refractivity contribution in [3.05, 3.63) is 41.2 Å². The quantitative estimate of drug-likeness (QED) is 0.531. The minimum atomic E-state index is -0.472. The van der Waals surface area contributed by atoms with E-state index in [0.717, 1.165) is 0 Å². The van der Waals surface area contributed by atoms with Crippen LogP contribution in [-0.4, -0.2) is 22.5 Å². The van der Waals surface area contributed by atoms with Gasteiger partial charge in [-0.1, -0.05) is 11.6 Å². The van der Waals surface area contributed by atoms with E-state index in [-0.39, 0.29) is 6.61 Å². The number of esters is 1. The largest absolute Gasteiger partial charge is 0.462 e. The smallest absolute Gasteiger partial charge is 0.339 e. The molecule has 0 saturated carbocycles. The first kappa shape index (κ1) is 14.6. The Morgan fingerprint density at radius 1 is 1.40 bits per heavy atom. The van der Waals surface area contributed by atoms with Crippen molar-refractivity contribution in [3.63, 3.8) is 0 Å². The van der Waals surface area contributed by atoms with E-state index in [4.69, 9.17) is 22.1 Å². The van der Waals surface area contributed by atoms with Crippen molar-refractivity contribution in [2.24, 2.45) is 0 Å². The molecule has 0 radical (unpaired) electrons. The fourth-order valence-electron chi connectivity index (χ4n) is 1.51. The predicted molar refractivity (Wildman–Crippen MR) is 78.0 cm³/mol. The number of hydrogen-bond acceptors (Lipinski definition) is 6. The Morgan fingerprint density at radius 3 is 2.75 bits per heavy atom. The van der Waals surface area contributed by atoms with Crippen LogP contribution in [0.2, 0.25) is 5.02 Å². The van der Waals surface area contributed by atoms with Gasteiger partial charge in [-0.2, -0.15) is 0 Å². The summed E-state index contributed by atoms with van der Waals surface area (Å²) in [4.78, 5) is 20.7. The van der Waals surface area contributed by atoms with Crippen LogP contribution >= 0.6 is 23.4 Å². The zero-order valence-electron chi connectivity index (χ0n) is 10.7. The topological polar surface area (TPSA) is 78.1 Å². The number of carbonyl (C=O) groups excluding carboxylic acids is 1. The summed E-state index contributed by atoms with van der Waals surface area (Å²) in [6.07, 6.45) is 3.23. The molecule has 2 rings (SSSR count). The molecule has 0 unspecified atom stereocenters. The van der Waals surface area contributed by atoms with Crippen LogP contribution in [-0.2, 0) is 4.74 Å². The van der Waals surface area contributed by atoms with Crippen LogP contribution in [0.5, 0.6) is 0 Å². The van der Waals surface area contributed by atoms with Gasteiger partial charge >= 0.3 is 5.97 Å². The second-order valence-corrected chi connectivity index (χ2v) is 5.12. The average Bonchev–Trinajstić information content (AvgIpc) is 2.43. The summed E-state index contributed by atoms with van der Waals surface area (Å²) in [7, 11) is 0. The molecule has 0 saturated heterocycles. The number of halogens is 1. The van der Waals surface area contributed by atoms with E-state index in [1.807, 2.05) is 0 Å². The highest BCUT2D eigenvalue weighted by Gasteiger charge is 2.18. The monoisotopic (exact) mass is 309 g/mol. The van der Waals surface area contributed by atoms with E-state index >= 15 is 0 Å². The van der Waals surface area contributed by atoms with Gasteiger partial charge in [-0.15, -0.1) is 0 Å². The molecule has 0 fully saturated rings. The molecule has 0 atom stereocenters. The molecule has 0 aliphatic carbocycles. The third-order valence-electron chi connectivity index (χ3n) is 2.30. The summed E-state index contributed by atoms with van der Waals surface area (Å²) in [6, 6.07) is 4.83. The lowest BCUT2D eigenvalue weighted by Gasteiger charge is -2.10. The molecule has 0 amide bonds. The molecule has 2 aromatic rings. The number of hydrogen-bond donors (Lipinski definition) is 1. The fraction of sp³-hybridized carbons (Fsp3) is 0.154. The van der Waals surface area contributed by atoms with E-state index in [2.05, 4.69) is 9.97 Å². The number of benzene rings is 1. The van der Waals surface area contributed by atoms with Gasteiger partial charge in [0.15, 0.2) is 5.16 Å². The van der Waals surface area contributed by atoms with Gasteiger partial charge in [0.25, 0.3) is 0 Å². The van der Waals surface area contributed by atoms with Crippen molar-refractivity contribution < 1.29 is 9.53 Å². The highest BCUT2D eigenvalue weighted by molar-refractivity contribution is 7.99. The van der Waals surface area contributed by atoms with E-state index in [0.29, 0.717) is 26.3 Å².